The average molecular weight is 391 g/mol. The molecule has 2 atom stereocenters. The molecule has 144 valence electrons. The molecular weight excluding hydrogens is 370 g/mol. The fourth-order valence-corrected chi connectivity index (χ4v) is 4.71. The molecule has 27 heavy (non-hydrogen) atoms. The van der Waals surface area contributed by atoms with Gasteiger partial charge >= 0.3 is 0 Å². The summed E-state index contributed by atoms with van der Waals surface area (Å²) in [7, 11) is -2.10. The van der Waals surface area contributed by atoms with E-state index in [-0.39, 0.29) is 18.8 Å². The van der Waals surface area contributed by atoms with E-state index >= 15 is 0 Å². The van der Waals surface area contributed by atoms with Gasteiger partial charge in [-0.3, -0.25) is 15.0 Å². The van der Waals surface area contributed by atoms with Crippen LogP contribution in [-0.2, 0) is 21.4 Å². The van der Waals surface area contributed by atoms with Crippen LogP contribution in [0.2, 0.25) is 0 Å². The Morgan fingerprint density at radius 2 is 2.00 bits per heavy atom. The highest BCUT2D eigenvalue weighted by Crippen LogP contribution is 2.34. The van der Waals surface area contributed by atoms with Crippen LogP contribution >= 0.6 is 0 Å². The smallest absolute Gasteiger partial charge is 0.269 e. The highest BCUT2D eigenvalue weighted by molar-refractivity contribution is 7.90. The molecule has 0 unspecified atom stereocenters. The van der Waals surface area contributed by atoms with Crippen LogP contribution in [0.25, 0.3) is 0 Å². The molecule has 1 aliphatic heterocycles. The van der Waals surface area contributed by atoms with Gasteiger partial charge in [0, 0.05) is 25.7 Å². The minimum absolute atomic E-state index is 0.0208. The molecule has 1 aliphatic rings. The molecule has 1 heterocycles. The highest BCUT2D eigenvalue weighted by atomic mass is 32.2. The topological polar surface area (TPSA) is 102 Å². The van der Waals surface area contributed by atoms with Gasteiger partial charge in [-0.1, -0.05) is 42.0 Å². The van der Waals surface area contributed by atoms with Crippen LogP contribution in [0.1, 0.15) is 22.7 Å². The van der Waals surface area contributed by atoms with E-state index < -0.39 is 26.2 Å². The first-order valence-electron chi connectivity index (χ1n) is 8.42. The maximum absolute atomic E-state index is 12.9. The summed E-state index contributed by atoms with van der Waals surface area (Å²) in [4.78, 5) is 16.0. The summed E-state index contributed by atoms with van der Waals surface area (Å²) < 4.78 is 28.4. The largest absolute Gasteiger partial charge is 0.297 e. The lowest BCUT2D eigenvalue weighted by molar-refractivity contribution is -0.385. The summed E-state index contributed by atoms with van der Waals surface area (Å²) in [6.45, 7) is 2.09. The zero-order valence-electron chi connectivity index (χ0n) is 15.0. The summed E-state index contributed by atoms with van der Waals surface area (Å²) in [6, 6.07) is 12.9. The highest BCUT2D eigenvalue weighted by Gasteiger charge is 2.43. The monoisotopic (exact) mass is 391 g/mol. The third-order valence-electron chi connectivity index (χ3n) is 4.57. The zero-order valence-corrected chi connectivity index (χ0v) is 15.8. The number of hydroxylamine groups is 2. The first kappa shape index (κ1) is 19.4. The number of benzene rings is 2. The van der Waals surface area contributed by atoms with Gasteiger partial charge in [-0.05, 0) is 18.1 Å². The third kappa shape index (κ3) is 4.33. The van der Waals surface area contributed by atoms with Crippen molar-refractivity contribution in [3.63, 3.8) is 0 Å². The second-order valence-electron chi connectivity index (χ2n) is 6.53. The van der Waals surface area contributed by atoms with Crippen molar-refractivity contribution in [2.24, 2.45) is 0 Å². The van der Waals surface area contributed by atoms with Crippen molar-refractivity contribution >= 4 is 15.7 Å². The van der Waals surface area contributed by atoms with Gasteiger partial charge in [0.15, 0.2) is 0 Å². The summed E-state index contributed by atoms with van der Waals surface area (Å²) in [6.07, 6.45) is 0. The fraction of sp³-hybridized carbons (Fsp3) is 0.333. The molecule has 2 aromatic rings. The van der Waals surface area contributed by atoms with Crippen molar-refractivity contribution in [3.8, 4) is 0 Å². The number of hydrogen-bond donors (Lipinski definition) is 1. The zero-order chi connectivity index (χ0) is 19.6. The first-order chi connectivity index (χ1) is 12.8. The number of sulfonamides is 1. The molecule has 0 radical (unpaired) electrons. The third-order valence-corrected chi connectivity index (χ3v) is 6.31. The molecule has 0 bridgehead atoms. The van der Waals surface area contributed by atoms with E-state index in [0.29, 0.717) is 5.56 Å². The minimum atomic E-state index is -3.72. The number of nitrogens with one attached hydrogen (secondary N) is 1. The molecular formula is C18H21N3O5S. The molecule has 8 nitrogen and oxygen atoms in total. The average Bonchev–Trinajstić information content (AvgIpc) is 3.03. The van der Waals surface area contributed by atoms with Crippen LogP contribution in [-0.4, -0.2) is 37.3 Å². The summed E-state index contributed by atoms with van der Waals surface area (Å²) in [5, 5.41) is 11.6. The van der Waals surface area contributed by atoms with Gasteiger partial charge < -0.3 is 0 Å². The second kappa shape index (κ2) is 7.73. The SMILES string of the molecule is Cc1cccc(CNS(=O)(=O)[C@H]2CON(C)[C@@H]2c2cccc([N+](=O)[O-])c2)c1. The van der Waals surface area contributed by atoms with Crippen molar-refractivity contribution < 1.29 is 18.2 Å². The molecule has 1 saturated heterocycles. The Morgan fingerprint density at radius 3 is 2.70 bits per heavy atom. The van der Waals surface area contributed by atoms with Gasteiger partial charge in [0.1, 0.15) is 5.25 Å². The number of nitro groups is 1. The molecule has 3 rings (SSSR count). The summed E-state index contributed by atoms with van der Waals surface area (Å²) in [5.41, 5.74) is 2.34. The maximum Gasteiger partial charge on any atom is 0.269 e. The normalized spacial score (nSPS) is 20.7. The van der Waals surface area contributed by atoms with Gasteiger partial charge in [-0.15, -0.1) is 0 Å². The Hall–Kier alpha value is -2.33. The molecule has 1 fully saturated rings. The number of nitrogens with zero attached hydrogens (tertiary/aromatic N) is 2. The Balaban J connectivity index is 1.83. The predicted molar refractivity (Wildman–Crippen MR) is 100 cm³/mol. The van der Waals surface area contributed by atoms with Crippen molar-refractivity contribution in [3.05, 3.63) is 75.3 Å². The van der Waals surface area contributed by atoms with Crippen molar-refractivity contribution in [1.29, 1.82) is 0 Å². The molecule has 0 spiro atoms. The van der Waals surface area contributed by atoms with Crippen LogP contribution in [0.15, 0.2) is 48.5 Å². The Labute approximate surface area is 157 Å². The van der Waals surface area contributed by atoms with Gasteiger partial charge in [0.25, 0.3) is 5.69 Å². The second-order valence-corrected chi connectivity index (χ2v) is 8.52. The van der Waals surface area contributed by atoms with E-state index in [9.17, 15) is 18.5 Å². The molecule has 0 saturated carbocycles. The lowest BCUT2D eigenvalue weighted by Gasteiger charge is -2.23. The van der Waals surface area contributed by atoms with E-state index in [0.717, 1.165) is 11.1 Å². The molecule has 0 aliphatic carbocycles. The van der Waals surface area contributed by atoms with E-state index in [1.807, 2.05) is 31.2 Å². The van der Waals surface area contributed by atoms with Gasteiger partial charge in [-0.25, -0.2) is 13.1 Å². The lowest BCUT2D eigenvalue weighted by Crippen LogP contribution is -2.39. The number of non-ortho nitro benzene ring substituents is 1. The molecule has 2 aromatic carbocycles. The van der Waals surface area contributed by atoms with Crippen LogP contribution in [0, 0.1) is 17.0 Å². The summed E-state index contributed by atoms with van der Waals surface area (Å²) in [5.74, 6) is 0. The number of hydrogen-bond acceptors (Lipinski definition) is 6. The molecule has 0 amide bonds. The Morgan fingerprint density at radius 1 is 1.26 bits per heavy atom. The van der Waals surface area contributed by atoms with Crippen molar-refractivity contribution in [1.82, 2.24) is 9.79 Å². The van der Waals surface area contributed by atoms with E-state index in [2.05, 4.69) is 4.72 Å². The van der Waals surface area contributed by atoms with Crippen LogP contribution < -0.4 is 4.72 Å². The molecule has 1 N–H and O–H groups in total. The predicted octanol–water partition coefficient (Wildman–Crippen LogP) is 2.31. The Bertz CT molecular complexity index is 948. The van der Waals surface area contributed by atoms with E-state index in [1.165, 1.54) is 17.2 Å². The van der Waals surface area contributed by atoms with Gasteiger partial charge in [-0.2, -0.15) is 5.06 Å². The van der Waals surface area contributed by atoms with E-state index in [1.54, 1.807) is 19.2 Å². The van der Waals surface area contributed by atoms with Crippen LogP contribution in [0.3, 0.4) is 0 Å². The van der Waals surface area contributed by atoms with Crippen LogP contribution in [0.4, 0.5) is 5.69 Å². The molecule has 9 heteroatoms. The summed E-state index contributed by atoms with van der Waals surface area (Å²) >= 11 is 0. The van der Waals surface area contributed by atoms with Crippen LogP contribution in [0.5, 0.6) is 0 Å². The first-order valence-corrected chi connectivity index (χ1v) is 9.96. The quantitative estimate of drug-likeness (QED) is 0.599. The van der Waals surface area contributed by atoms with E-state index in [4.69, 9.17) is 4.84 Å². The standard InChI is InChI=1S/C18H21N3O5S/c1-13-5-3-6-14(9-13)11-19-27(24,25)17-12-26-20(2)18(17)15-7-4-8-16(10-15)21(22)23/h3-10,17-19H,11-12H2,1-2H3/t17-,18+/m0/s1. The maximum atomic E-state index is 12.9. The lowest BCUT2D eigenvalue weighted by atomic mass is 10.0. The Kier molecular flexibility index (Phi) is 5.56. The number of nitro benzene ring substituents is 1. The minimum Gasteiger partial charge on any atom is -0.297 e. The van der Waals surface area contributed by atoms with Crippen molar-refractivity contribution in [2.45, 2.75) is 24.8 Å². The van der Waals surface area contributed by atoms with Gasteiger partial charge in [0.05, 0.1) is 17.6 Å². The fourth-order valence-electron chi connectivity index (χ4n) is 3.22. The number of rotatable bonds is 6. The molecule has 0 aromatic heterocycles. The number of aryl methyl sites for hydroxylation is 1. The van der Waals surface area contributed by atoms with Crippen molar-refractivity contribution in [2.75, 3.05) is 13.7 Å². The van der Waals surface area contributed by atoms with Gasteiger partial charge in [0.2, 0.25) is 10.0 Å².